The summed E-state index contributed by atoms with van der Waals surface area (Å²) < 4.78 is 32.5. The second-order valence-corrected chi connectivity index (χ2v) is 9.94. The summed E-state index contributed by atoms with van der Waals surface area (Å²) in [6, 6.07) is 16.7. The van der Waals surface area contributed by atoms with E-state index in [-0.39, 0.29) is 17.3 Å². The van der Waals surface area contributed by atoms with Crippen molar-refractivity contribution in [2.75, 3.05) is 19.5 Å². The normalized spacial score (nSPS) is 11.4. The molecular weight excluding hydrogens is 448 g/mol. The first-order valence-corrected chi connectivity index (χ1v) is 11.7. The molecule has 0 saturated heterocycles. The first kappa shape index (κ1) is 23.8. The lowest BCUT2D eigenvalue weighted by Gasteiger charge is -2.19. The minimum absolute atomic E-state index is 0.0264. The number of nitrogens with one attached hydrogen (secondary N) is 1. The molecule has 1 N–H and O–H groups in total. The Balaban J connectivity index is 1.87. The predicted octanol–water partition coefficient (Wildman–Crippen LogP) is 5.04. The molecule has 168 valence electrons. The van der Waals surface area contributed by atoms with Crippen molar-refractivity contribution < 1.29 is 17.9 Å². The highest BCUT2D eigenvalue weighted by molar-refractivity contribution is 7.89. The molecule has 0 aliphatic rings. The summed E-state index contributed by atoms with van der Waals surface area (Å²) in [5.74, 6) is 0.210. The molecule has 0 radical (unpaired) electrons. The van der Waals surface area contributed by atoms with Crippen LogP contribution in [-0.2, 0) is 16.6 Å². The Morgan fingerprint density at radius 1 is 1.03 bits per heavy atom. The summed E-state index contributed by atoms with van der Waals surface area (Å²) in [4.78, 5) is 13.0. The van der Waals surface area contributed by atoms with E-state index in [1.54, 1.807) is 18.2 Å². The van der Waals surface area contributed by atoms with Crippen LogP contribution in [0.15, 0.2) is 65.6 Å². The molecule has 0 fully saturated rings. The van der Waals surface area contributed by atoms with E-state index in [4.69, 9.17) is 16.3 Å². The summed E-state index contributed by atoms with van der Waals surface area (Å²) in [5.41, 5.74) is 3.65. The largest absolute Gasteiger partial charge is 0.496 e. The second-order valence-electron chi connectivity index (χ2n) is 7.46. The summed E-state index contributed by atoms with van der Waals surface area (Å²) in [5, 5.41) is 3.40. The van der Waals surface area contributed by atoms with Crippen LogP contribution in [-0.4, -0.2) is 32.8 Å². The van der Waals surface area contributed by atoms with Gasteiger partial charge in [0.25, 0.3) is 5.91 Å². The van der Waals surface area contributed by atoms with Crippen LogP contribution in [0, 0.1) is 13.8 Å². The molecule has 32 heavy (non-hydrogen) atoms. The van der Waals surface area contributed by atoms with Crippen LogP contribution in [0.1, 0.15) is 27.0 Å². The first-order chi connectivity index (χ1) is 15.1. The van der Waals surface area contributed by atoms with Gasteiger partial charge < -0.3 is 10.1 Å². The van der Waals surface area contributed by atoms with Crippen LogP contribution < -0.4 is 10.1 Å². The molecule has 3 aromatic rings. The van der Waals surface area contributed by atoms with Crippen LogP contribution in [0.5, 0.6) is 5.75 Å². The van der Waals surface area contributed by atoms with Crippen molar-refractivity contribution in [1.82, 2.24) is 4.31 Å². The summed E-state index contributed by atoms with van der Waals surface area (Å²) in [6.07, 6.45) is 0. The van der Waals surface area contributed by atoms with E-state index in [9.17, 15) is 13.2 Å². The molecule has 0 unspecified atom stereocenters. The van der Waals surface area contributed by atoms with Crippen LogP contribution in [0.25, 0.3) is 0 Å². The monoisotopic (exact) mass is 472 g/mol. The molecule has 0 atom stereocenters. The number of ether oxygens (including phenoxy) is 1. The van der Waals surface area contributed by atoms with E-state index in [1.165, 1.54) is 42.7 Å². The standard InChI is InChI=1S/C24H25ClN2O4S/c1-16-6-5-7-17(2)23(16)26-24(28)18-8-13-22(31-4)19(14-18)15-27(3)32(29,30)21-11-9-20(25)10-12-21/h5-14H,15H2,1-4H3,(H,26,28). The van der Waals surface area contributed by atoms with Gasteiger partial charge in [-0.15, -0.1) is 0 Å². The maximum atomic E-state index is 12.9. The third-order valence-corrected chi connectivity index (χ3v) is 7.25. The molecule has 6 nitrogen and oxygen atoms in total. The zero-order chi connectivity index (χ0) is 23.5. The smallest absolute Gasteiger partial charge is 0.255 e. The number of amides is 1. The molecule has 0 bridgehead atoms. The second kappa shape index (κ2) is 9.73. The minimum Gasteiger partial charge on any atom is -0.496 e. The Bertz CT molecular complexity index is 1220. The van der Waals surface area contributed by atoms with Gasteiger partial charge in [0.2, 0.25) is 10.0 Å². The van der Waals surface area contributed by atoms with Crippen LogP contribution in [0.2, 0.25) is 5.02 Å². The van der Waals surface area contributed by atoms with E-state index < -0.39 is 10.0 Å². The van der Waals surface area contributed by atoms with Gasteiger partial charge >= 0.3 is 0 Å². The molecule has 0 aromatic heterocycles. The number of para-hydroxylation sites is 1. The number of anilines is 1. The number of halogens is 1. The van der Waals surface area contributed by atoms with Gasteiger partial charge in [0.05, 0.1) is 12.0 Å². The van der Waals surface area contributed by atoms with Gasteiger partial charge in [-0.25, -0.2) is 8.42 Å². The van der Waals surface area contributed by atoms with Crippen molar-refractivity contribution in [3.8, 4) is 5.75 Å². The number of sulfonamides is 1. The molecule has 0 aliphatic carbocycles. The first-order valence-electron chi connectivity index (χ1n) is 9.90. The number of hydrogen-bond donors (Lipinski definition) is 1. The van der Waals surface area contributed by atoms with Crippen molar-refractivity contribution in [3.63, 3.8) is 0 Å². The number of hydrogen-bond acceptors (Lipinski definition) is 4. The highest BCUT2D eigenvalue weighted by Crippen LogP contribution is 2.26. The zero-order valence-corrected chi connectivity index (χ0v) is 19.9. The molecule has 1 amide bonds. The molecule has 3 rings (SSSR count). The van der Waals surface area contributed by atoms with Crippen LogP contribution in [0.4, 0.5) is 5.69 Å². The third-order valence-electron chi connectivity index (χ3n) is 5.18. The Morgan fingerprint density at radius 3 is 2.25 bits per heavy atom. The lowest BCUT2D eigenvalue weighted by Crippen LogP contribution is -2.27. The van der Waals surface area contributed by atoms with Crippen molar-refractivity contribution in [3.05, 3.63) is 87.9 Å². The average molecular weight is 473 g/mol. The van der Waals surface area contributed by atoms with E-state index in [2.05, 4.69) is 5.32 Å². The summed E-state index contributed by atoms with van der Waals surface area (Å²) in [7, 11) is -0.771. The van der Waals surface area contributed by atoms with Crippen molar-refractivity contribution in [2.45, 2.75) is 25.3 Å². The Labute approximate surface area is 193 Å². The number of rotatable bonds is 7. The Morgan fingerprint density at radius 2 is 1.66 bits per heavy atom. The topological polar surface area (TPSA) is 75.7 Å². The molecule has 0 heterocycles. The fraction of sp³-hybridized carbons (Fsp3) is 0.208. The number of carbonyl (C=O) groups is 1. The van der Waals surface area contributed by atoms with Gasteiger partial charge in [0.15, 0.2) is 0 Å². The molecule has 3 aromatic carbocycles. The molecular formula is C24H25ClN2O4S. The SMILES string of the molecule is COc1ccc(C(=O)Nc2c(C)cccc2C)cc1CN(C)S(=O)(=O)c1ccc(Cl)cc1. The lowest BCUT2D eigenvalue weighted by atomic mass is 10.1. The quantitative estimate of drug-likeness (QED) is 0.522. The van der Waals surface area contributed by atoms with Crippen LogP contribution in [0.3, 0.4) is 0 Å². The number of benzene rings is 3. The van der Waals surface area contributed by atoms with Gasteiger partial charge in [-0.2, -0.15) is 4.31 Å². The number of nitrogens with zero attached hydrogens (tertiary/aromatic N) is 1. The van der Waals surface area contributed by atoms with Crippen molar-refractivity contribution >= 4 is 33.2 Å². The third kappa shape index (κ3) is 5.12. The molecule has 0 spiro atoms. The Kier molecular flexibility index (Phi) is 7.23. The van der Waals surface area contributed by atoms with Crippen LogP contribution >= 0.6 is 11.6 Å². The van der Waals surface area contributed by atoms with E-state index >= 15 is 0 Å². The van der Waals surface area contributed by atoms with E-state index in [0.29, 0.717) is 21.9 Å². The fourth-order valence-electron chi connectivity index (χ4n) is 3.35. The molecule has 8 heteroatoms. The maximum absolute atomic E-state index is 12.9. The van der Waals surface area contributed by atoms with Gasteiger partial charge in [-0.05, 0) is 67.4 Å². The van der Waals surface area contributed by atoms with Gasteiger partial charge in [0, 0.05) is 35.4 Å². The lowest BCUT2D eigenvalue weighted by molar-refractivity contribution is 0.102. The molecule has 0 aliphatic heterocycles. The van der Waals surface area contributed by atoms with Crippen molar-refractivity contribution in [2.24, 2.45) is 0 Å². The van der Waals surface area contributed by atoms with Gasteiger partial charge in [-0.3, -0.25) is 4.79 Å². The van der Waals surface area contributed by atoms with E-state index in [1.807, 2.05) is 32.0 Å². The maximum Gasteiger partial charge on any atom is 0.255 e. The van der Waals surface area contributed by atoms with E-state index in [0.717, 1.165) is 16.8 Å². The molecule has 0 saturated carbocycles. The highest BCUT2D eigenvalue weighted by Gasteiger charge is 2.23. The van der Waals surface area contributed by atoms with Crippen molar-refractivity contribution in [1.29, 1.82) is 0 Å². The predicted molar refractivity (Wildman–Crippen MR) is 127 cm³/mol. The highest BCUT2D eigenvalue weighted by atomic mass is 35.5. The fourth-order valence-corrected chi connectivity index (χ4v) is 4.63. The zero-order valence-electron chi connectivity index (χ0n) is 18.3. The van der Waals surface area contributed by atoms with Gasteiger partial charge in [-0.1, -0.05) is 29.8 Å². The average Bonchev–Trinajstić information content (AvgIpc) is 2.76. The summed E-state index contributed by atoms with van der Waals surface area (Å²) >= 11 is 5.87. The number of aryl methyl sites for hydroxylation is 2. The number of carbonyl (C=O) groups excluding carboxylic acids is 1. The Hall–Kier alpha value is -2.87. The minimum atomic E-state index is -3.75. The summed E-state index contributed by atoms with van der Waals surface area (Å²) in [6.45, 7) is 3.88. The number of methoxy groups -OCH3 is 1. The van der Waals surface area contributed by atoms with Gasteiger partial charge in [0.1, 0.15) is 5.75 Å².